The van der Waals surface area contributed by atoms with E-state index in [1.807, 2.05) is 25.1 Å². The number of aromatic nitrogens is 2. The first kappa shape index (κ1) is 16.3. The summed E-state index contributed by atoms with van der Waals surface area (Å²) in [6, 6.07) is 10.9. The van der Waals surface area contributed by atoms with E-state index in [1.165, 1.54) is 0 Å². The van der Waals surface area contributed by atoms with Crippen LogP contribution in [0, 0.1) is 6.92 Å². The maximum Gasteiger partial charge on any atom is 0.254 e. The number of aryl methyl sites for hydroxylation is 1. The third-order valence-corrected chi connectivity index (χ3v) is 4.38. The summed E-state index contributed by atoms with van der Waals surface area (Å²) in [5.74, 6) is 1.22. The van der Waals surface area contributed by atoms with Crippen LogP contribution in [-0.2, 0) is 0 Å². The van der Waals surface area contributed by atoms with Gasteiger partial charge in [0.15, 0.2) is 5.76 Å². The molecule has 26 heavy (non-hydrogen) atoms. The van der Waals surface area contributed by atoms with Gasteiger partial charge in [-0.2, -0.15) is 0 Å². The van der Waals surface area contributed by atoms with Gasteiger partial charge in [-0.1, -0.05) is 6.07 Å². The molecule has 1 unspecified atom stereocenters. The van der Waals surface area contributed by atoms with Crippen LogP contribution < -0.4 is 4.74 Å². The zero-order chi connectivity index (χ0) is 17.9. The molecule has 0 aliphatic carbocycles. The van der Waals surface area contributed by atoms with Crippen molar-refractivity contribution in [2.24, 2.45) is 0 Å². The first-order valence-electron chi connectivity index (χ1n) is 8.57. The van der Waals surface area contributed by atoms with E-state index in [-0.39, 0.29) is 12.0 Å². The fraction of sp³-hybridized carbons (Fsp3) is 0.250. The van der Waals surface area contributed by atoms with Gasteiger partial charge in [0.1, 0.15) is 11.8 Å². The molecule has 4 heterocycles. The molecule has 0 saturated carbocycles. The Morgan fingerprint density at radius 1 is 1.27 bits per heavy atom. The van der Waals surface area contributed by atoms with Gasteiger partial charge in [0.05, 0.1) is 12.8 Å². The molecule has 1 saturated heterocycles. The van der Waals surface area contributed by atoms with Gasteiger partial charge in [-0.3, -0.25) is 9.78 Å². The van der Waals surface area contributed by atoms with Crippen LogP contribution in [0.3, 0.4) is 0 Å². The molecule has 0 N–H and O–H groups in total. The molecule has 3 aromatic rings. The van der Waals surface area contributed by atoms with E-state index < -0.39 is 0 Å². The van der Waals surface area contributed by atoms with E-state index in [0.29, 0.717) is 36.0 Å². The first-order valence-corrected chi connectivity index (χ1v) is 8.57. The van der Waals surface area contributed by atoms with Crippen molar-refractivity contribution in [2.75, 3.05) is 13.1 Å². The largest absolute Gasteiger partial charge is 0.472 e. The SMILES string of the molecule is Cc1ccc(OC2CCN(C(=O)c3ccnc(-c4ccco4)c3)C2)nc1. The number of furan rings is 1. The van der Waals surface area contributed by atoms with Gasteiger partial charge in [-0.15, -0.1) is 0 Å². The summed E-state index contributed by atoms with van der Waals surface area (Å²) in [5.41, 5.74) is 2.34. The van der Waals surface area contributed by atoms with Crippen molar-refractivity contribution >= 4 is 5.91 Å². The number of pyridine rings is 2. The van der Waals surface area contributed by atoms with E-state index in [1.54, 1.807) is 41.8 Å². The summed E-state index contributed by atoms with van der Waals surface area (Å²) in [6.07, 6.45) is 5.75. The Morgan fingerprint density at radius 2 is 2.19 bits per heavy atom. The zero-order valence-electron chi connectivity index (χ0n) is 14.5. The standard InChI is InChI=1S/C20H19N3O3/c1-14-4-5-19(22-12-14)26-16-7-9-23(13-16)20(24)15-6-8-21-17(11-15)18-3-2-10-25-18/h2-6,8,10-12,16H,7,9,13H2,1H3. The van der Waals surface area contributed by atoms with Crippen LogP contribution >= 0.6 is 0 Å². The van der Waals surface area contributed by atoms with Crippen molar-refractivity contribution in [1.29, 1.82) is 0 Å². The molecule has 1 fully saturated rings. The van der Waals surface area contributed by atoms with Crippen molar-refractivity contribution in [1.82, 2.24) is 14.9 Å². The van der Waals surface area contributed by atoms with E-state index in [0.717, 1.165) is 12.0 Å². The van der Waals surface area contributed by atoms with E-state index in [4.69, 9.17) is 9.15 Å². The molecule has 0 aromatic carbocycles. The van der Waals surface area contributed by atoms with Crippen molar-refractivity contribution in [3.8, 4) is 17.3 Å². The lowest BCUT2D eigenvalue weighted by atomic mass is 10.2. The van der Waals surface area contributed by atoms with Crippen LogP contribution in [0.1, 0.15) is 22.3 Å². The number of likely N-dealkylation sites (tertiary alicyclic amines) is 1. The van der Waals surface area contributed by atoms with Gasteiger partial charge in [-0.25, -0.2) is 4.98 Å². The minimum absolute atomic E-state index is 0.0248. The molecule has 4 rings (SSSR count). The highest BCUT2D eigenvalue weighted by Crippen LogP contribution is 2.22. The highest BCUT2D eigenvalue weighted by atomic mass is 16.5. The second kappa shape index (κ2) is 7.00. The molecule has 0 radical (unpaired) electrons. The van der Waals surface area contributed by atoms with Crippen molar-refractivity contribution in [2.45, 2.75) is 19.4 Å². The normalized spacial score (nSPS) is 16.7. The topological polar surface area (TPSA) is 68.5 Å². The molecule has 3 aromatic heterocycles. The Hall–Kier alpha value is -3.15. The third-order valence-electron chi connectivity index (χ3n) is 4.38. The van der Waals surface area contributed by atoms with Crippen LogP contribution in [0.25, 0.3) is 11.5 Å². The number of hydrogen-bond donors (Lipinski definition) is 0. The predicted molar refractivity (Wildman–Crippen MR) is 95.8 cm³/mol. The quantitative estimate of drug-likeness (QED) is 0.723. The average Bonchev–Trinajstić information content (AvgIpc) is 3.35. The van der Waals surface area contributed by atoms with E-state index in [9.17, 15) is 4.79 Å². The second-order valence-electron chi connectivity index (χ2n) is 6.36. The molecule has 1 amide bonds. The smallest absolute Gasteiger partial charge is 0.254 e. The van der Waals surface area contributed by atoms with Crippen LogP contribution in [0.5, 0.6) is 5.88 Å². The van der Waals surface area contributed by atoms with Crippen LogP contribution in [0.15, 0.2) is 59.5 Å². The van der Waals surface area contributed by atoms with E-state index in [2.05, 4.69) is 9.97 Å². The summed E-state index contributed by atoms with van der Waals surface area (Å²) in [7, 11) is 0. The molecule has 132 valence electrons. The Morgan fingerprint density at radius 3 is 2.96 bits per heavy atom. The molecule has 1 aliphatic heterocycles. The average molecular weight is 349 g/mol. The number of ether oxygens (including phenoxy) is 1. The highest BCUT2D eigenvalue weighted by molar-refractivity contribution is 5.95. The number of nitrogens with zero attached hydrogens (tertiary/aromatic N) is 3. The Kier molecular flexibility index (Phi) is 4.39. The second-order valence-corrected chi connectivity index (χ2v) is 6.36. The Labute approximate surface area is 151 Å². The lowest BCUT2D eigenvalue weighted by Gasteiger charge is -2.17. The van der Waals surface area contributed by atoms with Crippen molar-refractivity contribution < 1.29 is 13.9 Å². The lowest BCUT2D eigenvalue weighted by molar-refractivity contribution is 0.0771. The summed E-state index contributed by atoms with van der Waals surface area (Å²) in [5, 5.41) is 0. The van der Waals surface area contributed by atoms with Crippen molar-refractivity contribution in [3.05, 3.63) is 66.2 Å². The molecule has 1 aliphatic rings. The monoisotopic (exact) mass is 349 g/mol. The lowest BCUT2D eigenvalue weighted by Crippen LogP contribution is -2.31. The Bertz CT molecular complexity index is 891. The van der Waals surface area contributed by atoms with Gasteiger partial charge in [0.25, 0.3) is 5.91 Å². The number of amides is 1. The molecule has 6 heteroatoms. The number of carbonyl (C=O) groups is 1. The van der Waals surface area contributed by atoms with Gasteiger partial charge in [-0.05, 0) is 36.8 Å². The molecule has 0 bridgehead atoms. The number of carbonyl (C=O) groups excluding carboxylic acids is 1. The zero-order valence-corrected chi connectivity index (χ0v) is 14.5. The van der Waals surface area contributed by atoms with Gasteiger partial charge >= 0.3 is 0 Å². The maximum absolute atomic E-state index is 12.8. The summed E-state index contributed by atoms with van der Waals surface area (Å²) in [4.78, 5) is 23.2. The minimum atomic E-state index is -0.0412. The molecule has 1 atom stereocenters. The van der Waals surface area contributed by atoms with Crippen molar-refractivity contribution in [3.63, 3.8) is 0 Å². The first-order chi connectivity index (χ1) is 12.7. The fourth-order valence-corrected chi connectivity index (χ4v) is 3.01. The predicted octanol–water partition coefficient (Wildman–Crippen LogP) is 3.34. The summed E-state index contributed by atoms with van der Waals surface area (Å²) >= 11 is 0. The Balaban J connectivity index is 1.43. The summed E-state index contributed by atoms with van der Waals surface area (Å²) in [6.45, 7) is 3.19. The van der Waals surface area contributed by atoms with E-state index >= 15 is 0 Å². The van der Waals surface area contributed by atoms with Crippen LogP contribution in [-0.4, -0.2) is 40.0 Å². The third kappa shape index (κ3) is 3.44. The fourth-order valence-electron chi connectivity index (χ4n) is 3.01. The highest BCUT2D eigenvalue weighted by Gasteiger charge is 2.28. The number of hydrogen-bond acceptors (Lipinski definition) is 5. The van der Waals surface area contributed by atoms with Crippen LogP contribution in [0.4, 0.5) is 0 Å². The molecule has 6 nitrogen and oxygen atoms in total. The maximum atomic E-state index is 12.8. The van der Waals surface area contributed by atoms with Gasteiger partial charge in [0.2, 0.25) is 5.88 Å². The summed E-state index contributed by atoms with van der Waals surface area (Å²) < 4.78 is 11.3. The van der Waals surface area contributed by atoms with Gasteiger partial charge < -0.3 is 14.1 Å². The molecular formula is C20H19N3O3. The minimum Gasteiger partial charge on any atom is -0.472 e. The number of rotatable bonds is 4. The molecular weight excluding hydrogens is 330 g/mol. The molecule has 0 spiro atoms. The van der Waals surface area contributed by atoms with Crippen LogP contribution in [0.2, 0.25) is 0 Å². The van der Waals surface area contributed by atoms with Gasteiger partial charge in [0, 0.05) is 37.0 Å².